The average molecular weight is 682 g/mol. The number of ether oxygens (including phenoxy) is 2. The van der Waals surface area contributed by atoms with Gasteiger partial charge in [-0.15, -0.1) is 0 Å². The van der Waals surface area contributed by atoms with Crippen LogP contribution in [0.25, 0.3) is 22.2 Å². The van der Waals surface area contributed by atoms with E-state index in [0.29, 0.717) is 36.8 Å². The minimum absolute atomic E-state index is 0.00413. The molecular weight excluding hydrogens is 632 g/mol. The maximum atomic E-state index is 13.2. The number of H-pyrrole nitrogens is 1. The first-order valence-electron chi connectivity index (χ1n) is 18.0. The molecule has 3 aromatic heterocycles. The number of β-amino-alcohol motifs (C(OH)–C–C–N with tert-alkyl or cyclic N) is 1. The number of aliphatic hydroxyl groups excluding tert-OH is 1. The molecule has 2 aliphatic heterocycles. The zero-order chi connectivity index (χ0) is 34.8. The van der Waals surface area contributed by atoms with Crippen LogP contribution in [0.4, 0.5) is 5.82 Å². The molecule has 0 aliphatic carbocycles. The van der Waals surface area contributed by atoms with Crippen molar-refractivity contribution in [1.29, 1.82) is 0 Å². The number of hydrogen-bond donors (Lipinski definition) is 4. The third-order valence-corrected chi connectivity index (χ3v) is 10.6. The van der Waals surface area contributed by atoms with Crippen LogP contribution in [-0.2, 0) is 29.1 Å². The molecule has 0 radical (unpaired) electrons. The van der Waals surface area contributed by atoms with E-state index < -0.39 is 6.10 Å². The van der Waals surface area contributed by atoms with E-state index in [0.717, 1.165) is 62.3 Å². The van der Waals surface area contributed by atoms with Gasteiger partial charge in [0.25, 0.3) is 11.7 Å². The van der Waals surface area contributed by atoms with E-state index in [1.165, 1.54) is 11.1 Å². The fourth-order valence-corrected chi connectivity index (χ4v) is 7.71. The highest BCUT2D eigenvalue weighted by atomic mass is 16.7. The highest BCUT2D eigenvalue weighted by Crippen LogP contribution is 2.33. The molecule has 5 heterocycles. The Labute approximate surface area is 292 Å². The second-order valence-corrected chi connectivity index (χ2v) is 13.6. The Morgan fingerprint density at radius 3 is 2.66 bits per heavy atom. The summed E-state index contributed by atoms with van der Waals surface area (Å²) in [4.78, 5) is 27.3. The maximum absolute atomic E-state index is 13.2. The number of likely N-dealkylation sites (tertiary alicyclic amines) is 1. The smallest absolute Gasteiger partial charge is 0.277 e. The van der Waals surface area contributed by atoms with Crippen LogP contribution in [0.2, 0.25) is 0 Å². The van der Waals surface area contributed by atoms with Crippen molar-refractivity contribution in [2.24, 2.45) is 5.92 Å². The monoisotopic (exact) mass is 681 g/mol. The summed E-state index contributed by atoms with van der Waals surface area (Å²) in [7, 11) is 0. The number of aryl methyl sites for hydroxylation is 2. The summed E-state index contributed by atoms with van der Waals surface area (Å²) < 4.78 is 16.8. The van der Waals surface area contributed by atoms with Gasteiger partial charge in [-0.25, -0.2) is 19.1 Å². The Bertz CT molecular complexity index is 1930. The fraction of sp³-hybridized carbons (Fsp3) is 0.474. The number of nitrogen functional groups attached to an aromatic ring is 1. The quantitative estimate of drug-likeness (QED) is 0.150. The highest BCUT2D eigenvalue weighted by Gasteiger charge is 2.34. The van der Waals surface area contributed by atoms with Crippen molar-refractivity contribution >= 4 is 33.9 Å². The van der Waals surface area contributed by atoms with Crippen molar-refractivity contribution in [3.63, 3.8) is 0 Å². The number of piperidine rings is 1. The first kappa shape index (κ1) is 34.1. The summed E-state index contributed by atoms with van der Waals surface area (Å²) in [5, 5.41) is 14.3. The highest BCUT2D eigenvalue weighted by molar-refractivity contribution is 5.98. The molecule has 2 aromatic carbocycles. The van der Waals surface area contributed by atoms with Crippen LogP contribution in [0, 0.1) is 5.92 Å². The number of amides is 1. The number of imidazole rings is 1. The van der Waals surface area contributed by atoms with Crippen molar-refractivity contribution in [3.8, 4) is 0 Å². The zero-order valence-electron chi connectivity index (χ0n) is 29.2. The van der Waals surface area contributed by atoms with Crippen molar-refractivity contribution in [2.45, 2.75) is 84.1 Å². The van der Waals surface area contributed by atoms with Gasteiger partial charge in [0.05, 0.1) is 31.9 Å². The molecule has 12 heteroatoms. The van der Waals surface area contributed by atoms with Crippen LogP contribution >= 0.6 is 0 Å². The normalized spacial score (nSPS) is 20.3. The Morgan fingerprint density at radius 2 is 1.90 bits per heavy atom. The van der Waals surface area contributed by atoms with Gasteiger partial charge in [0, 0.05) is 24.2 Å². The van der Waals surface area contributed by atoms with E-state index in [2.05, 4.69) is 73.3 Å². The molecule has 2 fully saturated rings. The molecule has 4 atom stereocenters. The first-order chi connectivity index (χ1) is 24.3. The molecular formula is C38H49N8O4+. The number of anilines is 1. The standard InChI is InChI=1S/C38H48N8O4/c1-4-45-29-12-11-27(21-30(29)46(5-2)33(45)22-41-37(48)34-35(39)43-36-28(42-34)13-17-40-36)25-14-18-44(19-15-25)23-31(47)24(3)32-16-20-49-38(50-32)26-9-7-6-8-10-26/h6-13,17,21,24-25,31-32,38,47H,4-5,14-16,18-20,22-23H2,1-3H3,(H3-,39,40,41,42,43,48)/p+1/t24-,31+,32-,38?/m1/s1. The number of nitrogens with zero attached hydrogens (tertiary/aromatic N) is 5. The molecule has 0 spiro atoms. The van der Waals surface area contributed by atoms with Gasteiger partial charge in [0.1, 0.15) is 12.1 Å². The lowest BCUT2D eigenvalue weighted by molar-refractivity contribution is -0.676. The summed E-state index contributed by atoms with van der Waals surface area (Å²) in [6.45, 7) is 11.4. The number of fused-ring (bicyclic) bond motifs is 2. The summed E-state index contributed by atoms with van der Waals surface area (Å²) in [6, 6.07) is 18.6. The second-order valence-electron chi connectivity index (χ2n) is 13.6. The lowest BCUT2D eigenvalue weighted by Crippen LogP contribution is -2.44. The number of hydrogen-bond acceptors (Lipinski definition) is 8. The molecule has 7 rings (SSSR count). The topological polar surface area (TPSA) is 147 Å². The Kier molecular flexibility index (Phi) is 10.1. The van der Waals surface area contributed by atoms with Crippen LogP contribution < -0.4 is 15.6 Å². The number of rotatable bonds is 11. The first-order valence-corrected chi connectivity index (χ1v) is 18.0. The number of benzene rings is 2. The van der Waals surface area contributed by atoms with Gasteiger partial charge in [-0.3, -0.25) is 4.79 Å². The zero-order valence-corrected chi connectivity index (χ0v) is 29.2. The number of carbonyl (C=O) groups is 1. The molecule has 2 aliphatic rings. The van der Waals surface area contributed by atoms with Crippen LogP contribution in [-0.4, -0.2) is 73.9 Å². The molecule has 5 aromatic rings. The van der Waals surface area contributed by atoms with E-state index in [1.807, 2.05) is 30.3 Å². The van der Waals surface area contributed by atoms with Crippen LogP contribution in [0.1, 0.15) is 79.7 Å². The Balaban J connectivity index is 0.983. The largest absolute Gasteiger partial charge is 0.391 e. The average Bonchev–Trinajstić information content (AvgIpc) is 3.74. The SMILES string of the molecule is CCn1c(CNC(=O)c2nc3cc[nH]c3nc2N)[n+](CC)c2ccc(C3CCN(C[C@H](O)[C@@H](C)[C@H]4CCOC(c5ccccc5)O4)CC3)cc21. The fourth-order valence-electron chi connectivity index (χ4n) is 7.71. The van der Waals surface area contributed by atoms with Gasteiger partial charge >= 0.3 is 0 Å². The minimum Gasteiger partial charge on any atom is -0.391 e. The summed E-state index contributed by atoms with van der Waals surface area (Å²) in [6.07, 6.45) is 3.68. The number of aliphatic hydroxyl groups is 1. The lowest BCUT2D eigenvalue weighted by Gasteiger charge is -2.38. The van der Waals surface area contributed by atoms with Crippen LogP contribution in [0.3, 0.4) is 0 Å². The number of aromatic amines is 1. The van der Waals surface area contributed by atoms with Crippen LogP contribution in [0.5, 0.6) is 0 Å². The number of nitrogens with two attached hydrogens (primary N) is 1. The predicted molar refractivity (Wildman–Crippen MR) is 191 cm³/mol. The molecule has 2 saturated heterocycles. The van der Waals surface area contributed by atoms with E-state index >= 15 is 0 Å². The maximum Gasteiger partial charge on any atom is 0.277 e. The minimum atomic E-state index is -0.473. The molecule has 0 saturated carbocycles. The third-order valence-electron chi connectivity index (χ3n) is 10.6. The second kappa shape index (κ2) is 14.9. The predicted octanol–water partition coefficient (Wildman–Crippen LogP) is 4.43. The van der Waals surface area contributed by atoms with E-state index in [1.54, 1.807) is 12.3 Å². The van der Waals surface area contributed by atoms with Gasteiger partial charge in [0.2, 0.25) is 0 Å². The van der Waals surface area contributed by atoms with E-state index in [-0.39, 0.29) is 35.7 Å². The summed E-state index contributed by atoms with van der Waals surface area (Å²) in [5.41, 5.74) is 12.0. The van der Waals surface area contributed by atoms with E-state index in [4.69, 9.17) is 15.2 Å². The van der Waals surface area contributed by atoms with Crippen LogP contribution in [0.15, 0.2) is 60.8 Å². The molecule has 5 N–H and O–H groups in total. The molecule has 12 nitrogen and oxygen atoms in total. The molecule has 50 heavy (non-hydrogen) atoms. The summed E-state index contributed by atoms with van der Waals surface area (Å²) >= 11 is 0. The van der Waals surface area contributed by atoms with Gasteiger partial charge in [0.15, 0.2) is 34.5 Å². The third kappa shape index (κ3) is 6.85. The lowest BCUT2D eigenvalue weighted by atomic mass is 9.88. The molecule has 264 valence electrons. The Morgan fingerprint density at radius 1 is 1.10 bits per heavy atom. The van der Waals surface area contributed by atoms with E-state index in [9.17, 15) is 9.90 Å². The molecule has 0 bridgehead atoms. The molecule has 1 unspecified atom stereocenters. The van der Waals surface area contributed by atoms with Gasteiger partial charge < -0.3 is 35.5 Å². The number of nitrogens with one attached hydrogen (secondary N) is 2. The van der Waals surface area contributed by atoms with Gasteiger partial charge in [-0.1, -0.05) is 43.3 Å². The van der Waals surface area contributed by atoms with Crippen molar-refractivity contribution in [3.05, 3.63) is 83.4 Å². The van der Waals surface area contributed by atoms with Crippen molar-refractivity contribution in [1.82, 2.24) is 29.7 Å². The number of carbonyl (C=O) groups excluding carboxylic acids is 1. The van der Waals surface area contributed by atoms with Gasteiger partial charge in [-0.05, 0) is 75.9 Å². The van der Waals surface area contributed by atoms with Crippen molar-refractivity contribution < 1.29 is 23.9 Å². The number of aromatic nitrogens is 5. The van der Waals surface area contributed by atoms with Crippen molar-refractivity contribution in [2.75, 3.05) is 32.0 Å². The van der Waals surface area contributed by atoms with Gasteiger partial charge in [-0.2, -0.15) is 0 Å². The Hall–Kier alpha value is -4.36. The molecule has 1 amide bonds. The summed E-state index contributed by atoms with van der Waals surface area (Å²) in [5.74, 6) is 1.22.